The number of nitrogens with two attached hydrogens (primary N) is 1. The third-order valence-corrected chi connectivity index (χ3v) is 5.80. The average Bonchev–Trinajstić information content (AvgIpc) is 3.21. The van der Waals surface area contributed by atoms with Crippen LogP contribution in [0.5, 0.6) is 0 Å². The molecule has 2 aliphatic heterocycles. The predicted octanol–water partition coefficient (Wildman–Crippen LogP) is 1.03. The molecule has 2 heterocycles. The summed E-state index contributed by atoms with van der Waals surface area (Å²) in [6, 6.07) is 6.17. The van der Waals surface area contributed by atoms with Gasteiger partial charge in [-0.3, -0.25) is 14.4 Å². The van der Waals surface area contributed by atoms with E-state index in [1.807, 2.05) is 37.8 Å². The van der Waals surface area contributed by atoms with Crippen LogP contribution in [0.4, 0.5) is 5.69 Å². The molecule has 8 nitrogen and oxygen atoms in total. The third-order valence-electron chi connectivity index (χ3n) is 5.80. The van der Waals surface area contributed by atoms with Gasteiger partial charge in [-0.15, -0.1) is 0 Å². The van der Waals surface area contributed by atoms with Gasteiger partial charge >= 0.3 is 0 Å². The smallest absolute Gasteiger partial charge is 0.254 e. The molecule has 0 saturated carbocycles. The third kappa shape index (κ3) is 4.92. The normalized spacial score (nSPS) is 20.7. The molecule has 8 heteroatoms. The molecule has 164 valence electrons. The number of primary amides is 1. The van der Waals surface area contributed by atoms with Gasteiger partial charge in [0.05, 0.1) is 0 Å². The maximum absolute atomic E-state index is 13.4. The van der Waals surface area contributed by atoms with Gasteiger partial charge < -0.3 is 26.2 Å². The lowest BCUT2D eigenvalue weighted by Gasteiger charge is -2.35. The van der Waals surface area contributed by atoms with E-state index in [9.17, 15) is 14.4 Å². The molecular formula is C22H33N5O3. The molecule has 1 aromatic rings. The summed E-state index contributed by atoms with van der Waals surface area (Å²) < 4.78 is 0. The number of carbonyl (C=O) groups is 3. The Labute approximate surface area is 178 Å². The Morgan fingerprint density at radius 3 is 2.50 bits per heavy atom. The quantitative estimate of drug-likeness (QED) is 0.666. The Bertz CT molecular complexity index is 798. The zero-order valence-corrected chi connectivity index (χ0v) is 18.1. The van der Waals surface area contributed by atoms with Crippen LogP contribution in [-0.2, 0) is 9.59 Å². The Hall–Kier alpha value is -2.61. The fraction of sp³-hybridized carbons (Fsp3) is 0.591. The molecule has 0 aromatic heterocycles. The van der Waals surface area contributed by atoms with E-state index in [1.54, 1.807) is 17.0 Å². The molecular weight excluding hydrogens is 382 g/mol. The summed E-state index contributed by atoms with van der Waals surface area (Å²) >= 11 is 0. The van der Waals surface area contributed by atoms with Gasteiger partial charge in [-0.2, -0.15) is 0 Å². The molecule has 30 heavy (non-hydrogen) atoms. The fourth-order valence-corrected chi connectivity index (χ4v) is 4.10. The van der Waals surface area contributed by atoms with Gasteiger partial charge in [-0.25, -0.2) is 0 Å². The lowest BCUT2D eigenvalue weighted by molar-refractivity contribution is -0.139. The first-order valence-electron chi connectivity index (χ1n) is 10.6. The number of likely N-dealkylation sites (tertiary alicyclic amines) is 1. The van der Waals surface area contributed by atoms with E-state index in [0.29, 0.717) is 37.3 Å². The molecule has 1 aromatic carbocycles. The second-order valence-electron chi connectivity index (χ2n) is 9.16. The van der Waals surface area contributed by atoms with Crippen LogP contribution >= 0.6 is 0 Å². The van der Waals surface area contributed by atoms with Gasteiger partial charge in [0, 0.05) is 44.0 Å². The highest BCUT2D eigenvalue weighted by Crippen LogP contribution is 2.28. The topological polar surface area (TPSA) is 108 Å². The summed E-state index contributed by atoms with van der Waals surface area (Å²) in [6.07, 6.45) is 1.37. The molecule has 3 rings (SSSR count). The van der Waals surface area contributed by atoms with Gasteiger partial charge in [0.2, 0.25) is 11.8 Å². The summed E-state index contributed by atoms with van der Waals surface area (Å²) in [4.78, 5) is 41.4. The highest BCUT2D eigenvalue weighted by atomic mass is 16.2. The molecule has 2 saturated heterocycles. The Morgan fingerprint density at radius 1 is 1.17 bits per heavy atom. The van der Waals surface area contributed by atoms with Crippen LogP contribution in [0.3, 0.4) is 0 Å². The van der Waals surface area contributed by atoms with Crippen LogP contribution in [0.25, 0.3) is 0 Å². The van der Waals surface area contributed by atoms with Crippen molar-refractivity contribution in [3.8, 4) is 0 Å². The number of hydrogen-bond acceptors (Lipinski definition) is 5. The summed E-state index contributed by atoms with van der Waals surface area (Å²) in [5.74, 6) is -0.605. The van der Waals surface area contributed by atoms with Crippen molar-refractivity contribution < 1.29 is 14.4 Å². The van der Waals surface area contributed by atoms with Crippen molar-refractivity contribution in [3.05, 3.63) is 29.8 Å². The zero-order chi connectivity index (χ0) is 21.9. The van der Waals surface area contributed by atoms with Gasteiger partial charge in [0.15, 0.2) is 0 Å². The fourth-order valence-electron chi connectivity index (χ4n) is 4.10. The lowest BCUT2D eigenvalue weighted by atomic mass is 9.85. The molecule has 2 aliphatic rings. The van der Waals surface area contributed by atoms with Gasteiger partial charge in [0.1, 0.15) is 12.1 Å². The molecule has 0 bridgehead atoms. The van der Waals surface area contributed by atoms with Crippen molar-refractivity contribution in [1.29, 1.82) is 0 Å². The van der Waals surface area contributed by atoms with Gasteiger partial charge in [-0.05, 0) is 36.5 Å². The van der Waals surface area contributed by atoms with Crippen molar-refractivity contribution in [2.24, 2.45) is 11.1 Å². The van der Waals surface area contributed by atoms with Crippen LogP contribution in [0.1, 0.15) is 44.0 Å². The van der Waals surface area contributed by atoms with Crippen LogP contribution in [0.15, 0.2) is 24.3 Å². The second kappa shape index (κ2) is 9.04. The van der Waals surface area contributed by atoms with E-state index in [-0.39, 0.29) is 11.8 Å². The number of carbonyl (C=O) groups excluding carboxylic acids is 3. The monoisotopic (exact) mass is 415 g/mol. The Balaban J connectivity index is 1.79. The molecule has 4 N–H and O–H groups in total. The first kappa shape index (κ1) is 22.1. The van der Waals surface area contributed by atoms with E-state index in [1.165, 1.54) is 0 Å². The first-order chi connectivity index (χ1) is 14.2. The molecule has 2 fully saturated rings. The van der Waals surface area contributed by atoms with E-state index in [0.717, 1.165) is 19.5 Å². The molecule has 2 atom stereocenters. The van der Waals surface area contributed by atoms with Gasteiger partial charge in [0.25, 0.3) is 5.91 Å². The zero-order valence-electron chi connectivity index (χ0n) is 18.1. The number of hydrogen-bond donors (Lipinski definition) is 3. The van der Waals surface area contributed by atoms with Crippen LogP contribution in [0, 0.1) is 5.41 Å². The first-order valence-corrected chi connectivity index (χ1v) is 10.6. The Morgan fingerprint density at radius 2 is 1.87 bits per heavy atom. The van der Waals surface area contributed by atoms with Crippen molar-refractivity contribution in [2.45, 2.75) is 45.7 Å². The maximum Gasteiger partial charge on any atom is 0.254 e. The largest absolute Gasteiger partial charge is 0.373 e. The van der Waals surface area contributed by atoms with Crippen LogP contribution in [-0.4, -0.2) is 72.3 Å². The van der Waals surface area contributed by atoms with Gasteiger partial charge in [-0.1, -0.05) is 26.8 Å². The predicted molar refractivity (Wildman–Crippen MR) is 116 cm³/mol. The summed E-state index contributed by atoms with van der Waals surface area (Å²) in [5.41, 5.74) is 6.41. The average molecular weight is 416 g/mol. The van der Waals surface area contributed by atoms with Crippen molar-refractivity contribution in [3.63, 3.8) is 0 Å². The van der Waals surface area contributed by atoms with Crippen LogP contribution < -0.4 is 16.4 Å². The minimum Gasteiger partial charge on any atom is -0.373 e. The molecule has 3 amide bonds. The molecule has 0 radical (unpaired) electrons. The highest BCUT2D eigenvalue weighted by molar-refractivity contribution is 5.96. The summed E-state index contributed by atoms with van der Waals surface area (Å²) in [5, 5.41) is 6.57. The van der Waals surface area contributed by atoms with Crippen molar-refractivity contribution in [2.75, 3.05) is 38.0 Å². The number of nitrogens with zero attached hydrogens (tertiary/aromatic N) is 2. The second-order valence-corrected chi connectivity index (χ2v) is 9.16. The van der Waals surface area contributed by atoms with E-state index < -0.39 is 23.4 Å². The van der Waals surface area contributed by atoms with Crippen molar-refractivity contribution >= 4 is 23.4 Å². The lowest BCUT2D eigenvalue weighted by Crippen LogP contribution is -2.53. The van der Waals surface area contributed by atoms with E-state index in [4.69, 9.17) is 5.73 Å². The molecule has 0 aliphatic carbocycles. The number of piperazine rings is 1. The minimum atomic E-state index is -0.554. The molecule has 0 spiro atoms. The van der Waals surface area contributed by atoms with Crippen LogP contribution in [0.2, 0.25) is 0 Å². The maximum atomic E-state index is 13.4. The number of benzene rings is 1. The standard InChI is InChI=1S/C22H33N5O3/c1-22(2,3)18(21(30)27-11-5-8-17(27)19(23)28)25-16-7-4-6-15(14-16)20(29)26-12-9-24-10-13-26/h4,6-7,14,17-18,24-25H,5,8-13H2,1-3H3,(H2,23,28). The highest BCUT2D eigenvalue weighted by Gasteiger charge is 2.40. The number of anilines is 1. The summed E-state index contributed by atoms with van der Waals surface area (Å²) in [7, 11) is 0. The Kier molecular flexibility index (Phi) is 6.65. The number of amides is 3. The van der Waals surface area contributed by atoms with Crippen molar-refractivity contribution in [1.82, 2.24) is 15.1 Å². The SMILES string of the molecule is CC(C)(C)C(Nc1cccc(C(=O)N2CCNCC2)c1)C(=O)N1CCCC1C(N)=O. The number of rotatable bonds is 5. The van der Waals surface area contributed by atoms with E-state index in [2.05, 4.69) is 10.6 Å². The summed E-state index contributed by atoms with van der Waals surface area (Å²) in [6.45, 7) is 9.42. The van der Waals surface area contributed by atoms with E-state index >= 15 is 0 Å². The molecule has 2 unspecified atom stereocenters. The number of nitrogens with one attached hydrogen (secondary N) is 2. The minimum absolute atomic E-state index is 0.00730.